The van der Waals surface area contributed by atoms with E-state index in [1.165, 1.54) is 11.8 Å². The minimum absolute atomic E-state index is 0.0904. The van der Waals surface area contributed by atoms with E-state index in [1.54, 1.807) is 10.6 Å². The second-order valence-corrected chi connectivity index (χ2v) is 9.22. The van der Waals surface area contributed by atoms with Crippen molar-refractivity contribution in [1.29, 1.82) is 0 Å². The van der Waals surface area contributed by atoms with Crippen LogP contribution in [0, 0.1) is 0 Å². The number of nitrogens with zero attached hydrogens (tertiary/aromatic N) is 2. The van der Waals surface area contributed by atoms with Crippen LogP contribution >= 0.6 is 11.8 Å². The molecule has 3 rings (SSSR count). The Morgan fingerprint density at radius 2 is 1.84 bits per heavy atom. The van der Waals surface area contributed by atoms with E-state index in [9.17, 15) is 9.59 Å². The topological polar surface area (TPSA) is 73.2 Å². The molecule has 32 heavy (non-hydrogen) atoms. The van der Waals surface area contributed by atoms with Gasteiger partial charge in [0.25, 0.3) is 5.56 Å². The molecular formula is C25H31N3O3S. The zero-order valence-corrected chi connectivity index (χ0v) is 19.9. The fourth-order valence-electron chi connectivity index (χ4n) is 3.46. The molecule has 0 saturated carbocycles. The number of fused-ring (bicyclic) bond motifs is 1. The summed E-state index contributed by atoms with van der Waals surface area (Å²) in [5.41, 5.74) is 2.46. The smallest absolute Gasteiger partial charge is 0.262 e. The number of carbonyl (C=O) groups is 1. The number of hydrogen-bond donors (Lipinski definition) is 1. The van der Waals surface area contributed by atoms with Gasteiger partial charge in [-0.25, -0.2) is 4.98 Å². The third-order valence-corrected chi connectivity index (χ3v) is 6.28. The van der Waals surface area contributed by atoms with Crippen LogP contribution < -0.4 is 10.9 Å². The van der Waals surface area contributed by atoms with Crippen molar-refractivity contribution in [2.75, 3.05) is 18.5 Å². The van der Waals surface area contributed by atoms with Crippen LogP contribution in [-0.2, 0) is 16.1 Å². The van der Waals surface area contributed by atoms with Crippen molar-refractivity contribution in [2.24, 2.45) is 0 Å². The Morgan fingerprint density at radius 1 is 1.12 bits per heavy atom. The zero-order chi connectivity index (χ0) is 23.1. The Balaban J connectivity index is 1.84. The summed E-state index contributed by atoms with van der Waals surface area (Å²) in [5.74, 6) is 0.179. The Labute approximate surface area is 193 Å². The molecule has 3 aromatic rings. The molecule has 1 N–H and O–H groups in total. The lowest BCUT2D eigenvalue weighted by Crippen LogP contribution is -2.27. The number of carbonyl (C=O) groups excluding carboxylic acids is 1. The van der Waals surface area contributed by atoms with Gasteiger partial charge in [0.1, 0.15) is 0 Å². The van der Waals surface area contributed by atoms with Crippen molar-refractivity contribution in [1.82, 2.24) is 9.55 Å². The number of aromatic nitrogens is 2. The minimum atomic E-state index is -0.429. The number of nitrogens with one attached hydrogen (secondary N) is 1. The summed E-state index contributed by atoms with van der Waals surface area (Å²) in [6, 6.07) is 15.2. The summed E-state index contributed by atoms with van der Waals surface area (Å²) in [5, 5.41) is 3.74. The first-order valence-corrected chi connectivity index (χ1v) is 11.9. The Bertz CT molecular complexity index is 1130. The van der Waals surface area contributed by atoms with Gasteiger partial charge in [-0.15, -0.1) is 0 Å². The van der Waals surface area contributed by atoms with E-state index in [2.05, 4.69) is 19.2 Å². The highest BCUT2D eigenvalue weighted by Gasteiger charge is 2.20. The molecule has 0 bridgehead atoms. The molecular weight excluding hydrogens is 422 g/mol. The van der Waals surface area contributed by atoms with Gasteiger partial charge < -0.3 is 10.1 Å². The molecule has 6 nitrogen and oxygen atoms in total. The Morgan fingerprint density at radius 3 is 2.59 bits per heavy atom. The molecule has 2 aromatic carbocycles. The molecule has 1 unspecified atom stereocenters. The number of amides is 1. The first-order chi connectivity index (χ1) is 15.4. The van der Waals surface area contributed by atoms with E-state index >= 15 is 0 Å². The largest absolute Gasteiger partial charge is 0.382 e. The SMILES string of the molecule is CCOCCCn1c(SC(C)C(=O)Nc2ccccc2C(C)C)nc2ccccc2c1=O. The lowest BCUT2D eigenvalue weighted by atomic mass is 10.0. The molecule has 1 atom stereocenters. The van der Waals surface area contributed by atoms with Crippen molar-refractivity contribution in [3.63, 3.8) is 0 Å². The van der Waals surface area contributed by atoms with Gasteiger partial charge in [-0.05, 0) is 49.9 Å². The second-order valence-electron chi connectivity index (χ2n) is 7.91. The van der Waals surface area contributed by atoms with Crippen LogP contribution in [0.1, 0.15) is 45.6 Å². The molecule has 0 fully saturated rings. The number of rotatable bonds is 10. The maximum absolute atomic E-state index is 13.1. The lowest BCUT2D eigenvalue weighted by molar-refractivity contribution is -0.115. The summed E-state index contributed by atoms with van der Waals surface area (Å²) in [6.45, 7) is 9.69. The Kier molecular flexibility index (Phi) is 8.47. The number of ether oxygens (including phenoxy) is 1. The number of hydrogen-bond acceptors (Lipinski definition) is 5. The molecule has 1 aromatic heterocycles. The van der Waals surface area contributed by atoms with Crippen LogP contribution in [0.25, 0.3) is 10.9 Å². The van der Waals surface area contributed by atoms with E-state index in [0.29, 0.717) is 48.2 Å². The normalized spacial score (nSPS) is 12.3. The molecule has 0 aliphatic carbocycles. The van der Waals surface area contributed by atoms with Crippen molar-refractivity contribution in [2.45, 2.75) is 57.0 Å². The molecule has 0 spiro atoms. The number of para-hydroxylation sites is 2. The van der Waals surface area contributed by atoms with Crippen LogP contribution in [0.15, 0.2) is 58.5 Å². The molecule has 0 aliphatic rings. The van der Waals surface area contributed by atoms with Gasteiger partial charge >= 0.3 is 0 Å². The van der Waals surface area contributed by atoms with Crippen LogP contribution in [0.2, 0.25) is 0 Å². The van der Waals surface area contributed by atoms with Crippen LogP contribution in [0.3, 0.4) is 0 Å². The van der Waals surface area contributed by atoms with Crippen molar-refractivity contribution >= 4 is 34.3 Å². The second kappa shape index (κ2) is 11.3. The molecule has 1 heterocycles. The molecule has 0 radical (unpaired) electrons. The Hall–Kier alpha value is -2.64. The summed E-state index contributed by atoms with van der Waals surface area (Å²) in [7, 11) is 0. The summed E-state index contributed by atoms with van der Waals surface area (Å²) in [4.78, 5) is 30.8. The third-order valence-electron chi connectivity index (χ3n) is 5.19. The molecule has 0 aliphatic heterocycles. The maximum Gasteiger partial charge on any atom is 0.262 e. The van der Waals surface area contributed by atoms with Crippen LogP contribution in [0.4, 0.5) is 5.69 Å². The molecule has 1 amide bonds. The van der Waals surface area contributed by atoms with E-state index < -0.39 is 5.25 Å². The van der Waals surface area contributed by atoms with E-state index in [1.807, 2.05) is 56.3 Å². The fraction of sp³-hybridized carbons (Fsp3) is 0.400. The predicted octanol–water partition coefficient (Wildman–Crippen LogP) is 5.07. The molecule has 0 saturated heterocycles. The lowest BCUT2D eigenvalue weighted by Gasteiger charge is -2.18. The number of anilines is 1. The molecule has 7 heteroatoms. The van der Waals surface area contributed by atoms with Gasteiger partial charge in [-0.3, -0.25) is 14.2 Å². The van der Waals surface area contributed by atoms with Crippen molar-refractivity contribution in [3.05, 3.63) is 64.4 Å². The highest BCUT2D eigenvalue weighted by Crippen LogP contribution is 2.27. The monoisotopic (exact) mass is 453 g/mol. The van der Waals surface area contributed by atoms with Crippen LogP contribution in [-0.4, -0.2) is 33.9 Å². The quantitative estimate of drug-likeness (QED) is 0.264. The first-order valence-electron chi connectivity index (χ1n) is 11.1. The minimum Gasteiger partial charge on any atom is -0.382 e. The first kappa shape index (κ1) is 24.0. The summed E-state index contributed by atoms with van der Waals surface area (Å²) < 4.78 is 7.10. The third kappa shape index (κ3) is 5.78. The highest BCUT2D eigenvalue weighted by atomic mass is 32.2. The average Bonchev–Trinajstić information content (AvgIpc) is 2.78. The predicted molar refractivity (Wildman–Crippen MR) is 132 cm³/mol. The fourth-order valence-corrected chi connectivity index (χ4v) is 4.40. The number of thioether (sulfide) groups is 1. The van der Waals surface area contributed by atoms with Gasteiger partial charge in [0.05, 0.1) is 16.2 Å². The van der Waals surface area contributed by atoms with E-state index in [0.717, 1.165) is 11.3 Å². The number of benzene rings is 2. The van der Waals surface area contributed by atoms with Gasteiger partial charge in [-0.2, -0.15) is 0 Å². The van der Waals surface area contributed by atoms with Crippen LogP contribution in [0.5, 0.6) is 0 Å². The maximum atomic E-state index is 13.1. The standard InChI is InChI=1S/C25H31N3O3S/c1-5-31-16-10-15-28-24(30)20-12-7-9-14-22(20)27-25(28)32-18(4)23(29)26-21-13-8-6-11-19(21)17(2)3/h6-9,11-14,17-18H,5,10,15-16H2,1-4H3,(H,26,29). The van der Waals surface area contributed by atoms with Gasteiger partial charge in [0.2, 0.25) is 5.91 Å². The van der Waals surface area contributed by atoms with Gasteiger partial charge in [0.15, 0.2) is 5.16 Å². The van der Waals surface area contributed by atoms with E-state index in [4.69, 9.17) is 9.72 Å². The van der Waals surface area contributed by atoms with E-state index in [-0.39, 0.29) is 11.5 Å². The molecule has 170 valence electrons. The zero-order valence-electron chi connectivity index (χ0n) is 19.1. The van der Waals surface area contributed by atoms with Gasteiger partial charge in [0, 0.05) is 25.4 Å². The van der Waals surface area contributed by atoms with Crippen molar-refractivity contribution in [3.8, 4) is 0 Å². The van der Waals surface area contributed by atoms with Crippen molar-refractivity contribution < 1.29 is 9.53 Å². The summed E-state index contributed by atoms with van der Waals surface area (Å²) >= 11 is 1.30. The summed E-state index contributed by atoms with van der Waals surface area (Å²) in [6.07, 6.45) is 0.698. The van der Waals surface area contributed by atoms with Gasteiger partial charge in [-0.1, -0.05) is 55.9 Å². The average molecular weight is 454 g/mol. The highest BCUT2D eigenvalue weighted by molar-refractivity contribution is 8.00.